The van der Waals surface area contributed by atoms with Gasteiger partial charge in [0, 0.05) is 5.69 Å². The van der Waals surface area contributed by atoms with Gasteiger partial charge in [0.2, 0.25) is 0 Å². The molecular weight excluding hydrogens is 253 g/mol. The third-order valence-electron chi connectivity index (χ3n) is 2.56. The fourth-order valence-electron chi connectivity index (χ4n) is 1.59. The van der Waals surface area contributed by atoms with Crippen molar-refractivity contribution in [1.82, 2.24) is 0 Å². The van der Waals surface area contributed by atoms with Crippen molar-refractivity contribution in [2.24, 2.45) is 0 Å². The number of anilines is 1. The van der Waals surface area contributed by atoms with Crippen molar-refractivity contribution in [2.45, 2.75) is 6.92 Å². The van der Waals surface area contributed by atoms with Gasteiger partial charge >= 0.3 is 5.97 Å². The summed E-state index contributed by atoms with van der Waals surface area (Å²) in [4.78, 5) is 22.5. The lowest BCUT2D eigenvalue weighted by Gasteiger charge is -2.05. The number of hydrogen-bond acceptors (Lipinski definition) is 3. The zero-order valence-corrected chi connectivity index (χ0v) is 9.94. The SMILES string of the molecule is Cc1occc1C(=O)Nc1ccc(C(=O)O)c(F)c1. The predicted octanol–water partition coefficient (Wildman–Crippen LogP) is 2.68. The summed E-state index contributed by atoms with van der Waals surface area (Å²) < 4.78 is 18.4. The van der Waals surface area contributed by atoms with Crippen LogP contribution < -0.4 is 5.32 Å². The Morgan fingerprint density at radius 1 is 1.26 bits per heavy atom. The maximum Gasteiger partial charge on any atom is 0.338 e. The first-order chi connectivity index (χ1) is 8.99. The number of aryl methyl sites for hydroxylation is 1. The summed E-state index contributed by atoms with van der Waals surface area (Å²) in [5.41, 5.74) is 0.0632. The number of nitrogens with one attached hydrogen (secondary N) is 1. The van der Waals surface area contributed by atoms with Crippen molar-refractivity contribution in [3.8, 4) is 0 Å². The van der Waals surface area contributed by atoms with Crippen molar-refractivity contribution in [3.63, 3.8) is 0 Å². The summed E-state index contributed by atoms with van der Waals surface area (Å²) in [6.45, 7) is 1.63. The normalized spacial score (nSPS) is 10.2. The van der Waals surface area contributed by atoms with E-state index < -0.39 is 23.3 Å². The third kappa shape index (κ3) is 2.62. The number of aromatic carboxylic acids is 1. The second-order valence-corrected chi connectivity index (χ2v) is 3.84. The molecule has 2 rings (SSSR count). The number of carbonyl (C=O) groups excluding carboxylic acids is 1. The second kappa shape index (κ2) is 4.93. The molecule has 0 aliphatic heterocycles. The molecule has 0 saturated heterocycles. The molecule has 1 aromatic heterocycles. The van der Waals surface area contributed by atoms with E-state index in [9.17, 15) is 14.0 Å². The number of halogens is 1. The first-order valence-corrected chi connectivity index (χ1v) is 5.37. The number of furan rings is 1. The molecule has 0 spiro atoms. The van der Waals surface area contributed by atoms with Crippen molar-refractivity contribution in [2.75, 3.05) is 5.32 Å². The number of hydrogen-bond donors (Lipinski definition) is 2. The van der Waals surface area contributed by atoms with E-state index in [1.165, 1.54) is 18.4 Å². The Balaban J connectivity index is 2.21. The van der Waals surface area contributed by atoms with Gasteiger partial charge in [0.25, 0.3) is 5.91 Å². The van der Waals surface area contributed by atoms with Crippen LogP contribution >= 0.6 is 0 Å². The van der Waals surface area contributed by atoms with E-state index >= 15 is 0 Å². The Bertz CT molecular complexity index is 648. The molecule has 2 aromatic rings. The van der Waals surface area contributed by atoms with Crippen LogP contribution in [0.2, 0.25) is 0 Å². The monoisotopic (exact) mass is 263 g/mol. The van der Waals surface area contributed by atoms with Gasteiger partial charge in [-0.05, 0) is 31.2 Å². The standard InChI is InChI=1S/C13H10FNO4/c1-7-9(4-5-19-7)12(16)15-8-2-3-10(13(17)18)11(14)6-8/h2-6H,1H3,(H,15,16)(H,17,18). The summed E-state index contributed by atoms with van der Waals surface area (Å²) in [7, 11) is 0. The highest BCUT2D eigenvalue weighted by molar-refractivity contribution is 6.05. The highest BCUT2D eigenvalue weighted by Crippen LogP contribution is 2.17. The van der Waals surface area contributed by atoms with Gasteiger partial charge < -0.3 is 14.8 Å². The highest BCUT2D eigenvalue weighted by atomic mass is 19.1. The van der Waals surface area contributed by atoms with Crippen LogP contribution in [0.15, 0.2) is 34.9 Å². The Labute approximate surface area is 107 Å². The fourth-order valence-corrected chi connectivity index (χ4v) is 1.59. The van der Waals surface area contributed by atoms with Gasteiger partial charge in [-0.1, -0.05) is 0 Å². The molecule has 1 heterocycles. The minimum atomic E-state index is -1.36. The van der Waals surface area contributed by atoms with Crippen LogP contribution in [0, 0.1) is 12.7 Å². The van der Waals surface area contributed by atoms with Crippen LogP contribution in [0.1, 0.15) is 26.5 Å². The molecule has 0 aliphatic rings. The maximum atomic E-state index is 13.4. The quantitative estimate of drug-likeness (QED) is 0.892. The lowest BCUT2D eigenvalue weighted by atomic mass is 10.2. The van der Waals surface area contributed by atoms with Crippen molar-refractivity contribution in [3.05, 3.63) is 53.2 Å². The zero-order chi connectivity index (χ0) is 14.0. The minimum absolute atomic E-state index is 0.174. The van der Waals surface area contributed by atoms with Gasteiger partial charge in [-0.25, -0.2) is 9.18 Å². The molecule has 5 nitrogen and oxygen atoms in total. The van der Waals surface area contributed by atoms with Gasteiger partial charge in [0.15, 0.2) is 0 Å². The largest absolute Gasteiger partial charge is 0.478 e. The summed E-state index contributed by atoms with van der Waals surface area (Å²) in [6, 6.07) is 4.86. The molecule has 1 amide bonds. The van der Waals surface area contributed by atoms with Gasteiger partial charge in [-0.2, -0.15) is 0 Å². The minimum Gasteiger partial charge on any atom is -0.478 e. The average molecular weight is 263 g/mol. The average Bonchev–Trinajstić information content (AvgIpc) is 2.75. The molecule has 19 heavy (non-hydrogen) atoms. The molecule has 0 bridgehead atoms. The number of rotatable bonds is 3. The van der Waals surface area contributed by atoms with Gasteiger partial charge in [0.1, 0.15) is 11.6 Å². The van der Waals surface area contributed by atoms with E-state index in [2.05, 4.69) is 5.32 Å². The second-order valence-electron chi connectivity index (χ2n) is 3.84. The highest BCUT2D eigenvalue weighted by Gasteiger charge is 2.14. The van der Waals surface area contributed by atoms with Crippen LogP contribution in [0.25, 0.3) is 0 Å². The first-order valence-electron chi connectivity index (χ1n) is 5.37. The molecule has 1 aromatic carbocycles. The van der Waals surface area contributed by atoms with Gasteiger partial charge in [-0.3, -0.25) is 4.79 Å². The number of amides is 1. The van der Waals surface area contributed by atoms with Crippen LogP contribution in [-0.4, -0.2) is 17.0 Å². The Morgan fingerprint density at radius 3 is 2.53 bits per heavy atom. The summed E-state index contributed by atoms with van der Waals surface area (Å²) in [6.07, 6.45) is 1.37. The molecule has 0 aliphatic carbocycles. The van der Waals surface area contributed by atoms with Crippen LogP contribution in [0.4, 0.5) is 10.1 Å². The van der Waals surface area contributed by atoms with E-state index in [-0.39, 0.29) is 5.69 Å². The Kier molecular flexibility index (Phi) is 3.33. The van der Waals surface area contributed by atoms with Crippen LogP contribution in [0.3, 0.4) is 0 Å². The molecule has 2 N–H and O–H groups in total. The number of carboxylic acid groups (broad SMARTS) is 1. The van der Waals surface area contributed by atoms with E-state index in [0.717, 1.165) is 12.1 Å². The predicted molar refractivity (Wildman–Crippen MR) is 64.8 cm³/mol. The zero-order valence-electron chi connectivity index (χ0n) is 9.94. The molecular formula is C13H10FNO4. The Hall–Kier alpha value is -2.63. The first kappa shape index (κ1) is 12.8. The third-order valence-corrected chi connectivity index (χ3v) is 2.56. The maximum absolute atomic E-state index is 13.4. The molecule has 0 radical (unpaired) electrons. The Morgan fingerprint density at radius 2 is 2.00 bits per heavy atom. The fraction of sp³-hybridized carbons (Fsp3) is 0.0769. The van der Waals surface area contributed by atoms with Crippen molar-refractivity contribution >= 4 is 17.6 Å². The number of benzene rings is 1. The smallest absolute Gasteiger partial charge is 0.338 e. The molecule has 0 atom stereocenters. The topological polar surface area (TPSA) is 79.5 Å². The summed E-state index contributed by atoms with van der Waals surface area (Å²) >= 11 is 0. The molecule has 0 saturated carbocycles. The lowest BCUT2D eigenvalue weighted by molar-refractivity contribution is 0.0692. The van der Waals surface area contributed by atoms with Gasteiger partial charge in [-0.15, -0.1) is 0 Å². The molecule has 98 valence electrons. The van der Waals surface area contributed by atoms with E-state index in [1.54, 1.807) is 6.92 Å². The number of carbonyl (C=O) groups is 2. The van der Waals surface area contributed by atoms with Crippen molar-refractivity contribution in [1.29, 1.82) is 0 Å². The molecule has 0 unspecified atom stereocenters. The van der Waals surface area contributed by atoms with E-state index in [4.69, 9.17) is 9.52 Å². The van der Waals surface area contributed by atoms with Crippen LogP contribution in [-0.2, 0) is 0 Å². The summed E-state index contributed by atoms with van der Waals surface area (Å²) in [5, 5.41) is 11.1. The molecule has 6 heteroatoms. The van der Waals surface area contributed by atoms with E-state index in [1.807, 2.05) is 0 Å². The van der Waals surface area contributed by atoms with Crippen molar-refractivity contribution < 1.29 is 23.5 Å². The van der Waals surface area contributed by atoms with E-state index in [0.29, 0.717) is 11.3 Å². The molecule has 0 fully saturated rings. The summed E-state index contributed by atoms with van der Waals surface area (Å²) in [5.74, 6) is -2.27. The lowest BCUT2D eigenvalue weighted by Crippen LogP contribution is -2.12. The van der Waals surface area contributed by atoms with Gasteiger partial charge in [0.05, 0.1) is 17.4 Å². The number of carboxylic acids is 1. The van der Waals surface area contributed by atoms with Crippen LogP contribution in [0.5, 0.6) is 0 Å².